The highest BCUT2D eigenvalue weighted by molar-refractivity contribution is 14.0. The van der Waals surface area contributed by atoms with Crippen molar-refractivity contribution in [2.45, 2.75) is 13.5 Å². The molecule has 0 aliphatic rings. The Bertz CT molecular complexity index is 719. The van der Waals surface area contributed by atoms with E-state index in [-0.39, 0.29) is 35.6 Å². The van der Waals surface area contributed by atoms with E-state index in [1.54, 1.807) is 12.1 Å². The number of hydrogen-bond acceptors (Lipinski definition) is 3. The molecule has 25 heavy (non-hydrogen) atoms. The first-order valence-electron chi connectivity index (χ1n) is 7.62. The fourth-order valence-electron chi connectivity index (χ4n) is 1.94. The molecule has 132 valence electrons. The van der Waals surface area contributed by atoms with Crippen molar-refractivity contribution < 1.29 is 9.21 Å². The van der Waals surface area contributed by atoms with Gasteiger partial charge in [0.25, 0.3) is 5.91 Å². The van der Waals surface area contributed by atoms with E-state index in [2.05, 4.69) is 26.9 Å². The van der Waals surface area contributed by atoms with Gasteiger partial charge in [-0.3, -0.25) is 4.79 Å². The molecular weight excluding hydrogens is 431 g/mol. The highest BCUT2D eigenvalue weighted by Crippen LogP contribution is 2.12. The predicted octanol–water partition coefficient (Wildman–Crippen LogP) is 2.84. The molecule has 0 saturated heterocycles. The fourth-order valence-corrected chi connectivity index (χ4v) is 1.94. The number of nitrogens with one attached hydrogen (secondary N) is 3. The van der Waals surface area contributed by atoms with Crippen LogP contribution in [0.4, 0.5) is 5.69 Å². The molecule has 0 atom stereocenters. The van der Waals surface area contributed by atoms with Crippen LogP contribution >= 0.6 is 24.0 Å². The molecule has 1 heterocycles. The van der Waals surface area contributed by atoms with E-state index in [9.17, 15) is 4.79 Å². The van der Waals surface area contributed by atoms with Gasteiger partial charge in [-0.05, 0) is 36.8 Å². The maximum Gasteiger partial charge on any atom is 0.291 e. The third-order valence-electron chi connectivity index (χ3n) is 3.08. The molecular formula is C18H21IN4O2. The van der Waals surface area contributed by atoms with Crippen LogP contribution in [-0.4, -0.2) is 25.0 Å². The monoisotopic (exact) mass is 452 g/mol. The molecule has 3 N–H and O–H groups in total. The largest absolute Gasteiger partial charge is 0.459 e. The number of hydrogen-bond donors (Lipinski definition) is 3. The van der Waals surface area contributed by atoms with Gasteiger partial charge in [0.05, 0.1) is 19.4 Å². The standard InChI is InChI=1S/C18H20N4O2.HI/c1-3-11-20-18(19-4-2)21-13-14-7-9-15(10-8-14)22-17(23)16-6-5-12-24-16;/h1,5-10,12H,4,11,13H2,2H3,(H,22,23)(H2,19,20,21);1H. The topological polar surface area (TPSA) is 78.7 Å². The quantitative estimate of drug-likeness (QED) is 0.273. The van der Waals surface area contributed by atoms with Gasteiger partial charge in [0.2, 0.25) is 0 Å². The fraction of sp³-hybridized carbons (Fsp3) is 0.222. The van der Waals surface area contributed by atoms with Crippen molar-refractivity contribution >= 4 is 41.5 Å². The predicted molar refractivity (Wildman–Crippen MR) is 110 cm³/mol. The second-order valence-corrected chi connectivity index (χ2v) is 4.88. The van der Waals surface area contributed by atoms with E-state index in [4.69, 9.17) is 10.8 Å². The number of benzene rings is 1. The number of aliphatic imine (C=N–C) groups is 1. The molecule has 0 fully saturated rings. The second kappa shape index (κ2) is 11.1. The third kappa shape index (κ3) is 6.89. The minimum atomic E-state index is -0.279. The van der Waals surface area contributed by atoms with Crippen LogP contribution in [0.5, 0.6) is 0 Å². The highest BCUT2D eigenvalue weighted by Gasteiger charge is 2.08. The van der Waals surface area contributed by atoms with E-state index in [0.29, 0.717) is 24.7 Å². The molecule has 0 unspecified atom stereocenters. The number of carbonyl (C=O) groups excluding carboxylic acids is 1. The molecule has 0 bridgehead atoms. The Morgan fingerprint density at radius 1 is 1.24 bits per heavy atom. The smallest absolute Gasteiger partial charge is 0.291 e. The number of nitrogens with zero attached hydrogens (tertiary/aromatic N) is 1. The summed E-state index contributed by atoms with van der Waals surface area (Å²) in [7, 11) is 0. The summed E-state index contributed by atoms with van der Waals surface area (Å²) in [6, 6.07) is 10.8. The average molecular weight is 452 g/mol. The van der Waals surface area contributed by atoms with E-state index in [0.717, 1.165) is 12.1 Å². The first-order chi connectivity index (χ1) is 11.7. The van der Waals surface area contributed by atoms with Gasteiger partial charge in [0, 0.05) is 12.2 Å². The summed E-state index contributed by atoms with van der Waals surface area (Å²) in [6.07, 6.45) is 6.70. The molecule has 1 aromatic carbocycles. The van der Waals surface area contributed by atoms with Gasteiger partial charge in [-0.1, -0.05) is 18.1 Å². The van der Waals surface area contributed by atoms with Crippen LogP contribution in [-0.2, 0) is 6.54 Å². The van der Waals surface area contributed by atoms with Crippen LogP contribution in [0.1, 0.15) is 23.0 Å². The zero-order valence-electron chi connectivity index (χ0n) is 13.9. The summed E-state index contributed by atoms with van der Waals surface area (Å²) in [6.45, 7) is 3.67. The van der Waals surface area contributed by atoms with Crippen molar-refractivity contribution in [1.82, 2.24) is 10.6 Å². The molecule has 2 rings (SSSR count). The van der Waals surface area contributed by atoms with E-state index in [1.165, 1.54) is 6.26 Å². The van der Waals surface area contributed by atoms with E-state index >= 15 is 0 Å². The number of rotatable bonds is 6. The first kappa shape index (κ1) is 20.6. The number of halogens is 1. The van der Waals surface area contributed by atoms with Crippen LogP contribution in [0.15, 0.2) is 52.1 Å². The van der Waals surface area contributed by atoms with Crippen molar-refractivity contribution in [2.75, 3.05) is 18.4 Å². The van der Waals surface area contributed by atoms with Gasteiger partial charge >= 0.3 is 0 Å². The molecule has 0 radical (unpaired) electrons. The first-order valence-corrected chi connectivity index (χ1v) is 7.62. The van der Waals surface area contributed by atoms with Gasteiger partial charge in [-0.15, -0.1) is 30.4 Å². The van der Waals surface area contributed by atoms with E-state index in [1.807, 2.05) is 31.2 Å². The summed E-state index contributed by atoms with van der Waals surface area (Å²) in [5.41, 5.74) is 1.71. The Hall–Kier alpha value is -2.47. The van der Waals surface area contributed by atoms with Gasteiger partial charge in [0.1, 0.15) is 0 Å². The summed E-state index contributed by atoms with van der Waals surface area (Å²) in [5.74, 6) is 3.18. The molecule has 0 spiro atoms. The normalized spacial score (nSPS) is 10.3. The van der Waals surface area contributed by atoms with Crippen molar-refractivity contribution in [3.63, 3.8) is 0 Å². The number of terminal acetylenes is 1. The minimum Gasteiger partial charge on any atom is -0.459 e. The van der Waals surface area contributed by atoms with Crippen molar-refractivity contribution in [3.05, 3.63) is 54.0 Å². The Morgan fingerprint density at radius 3 is 2.60 bits per heavy atom. The Kier molecular flexibility index (Phi) is 9.17. The van der Waals surface area contributed by atoms with Crippen molar-refractivity contribution in [3.8, 4) is 12.3 Å². The summed E-state index contributed by atoms with van der Waals surface area (Å²) in [4.78, 5) is 16.3. The van der Waals surface area contributed by atoms with Gasteiger partial charge in [-0.25, -0.2) is 4.99 Å². The molecule has 0 aliphatic heterocycles. The second-order valence-electron chi connectivity index (χ2n) is 4.88. The van der Waals surface area contributed by atoms with Crippen molar-refractivity contribution in [2.24, 2.45) is 4.99 Å². The Morgan fingerprint density at radius 2 is 2.00 bits per heavy atom. The number of amides is 1. The lowest BCUT2D eigenvalue weighted by molar-refractivity contribution is 0.0996. The summed E-state index contributed by atoms with van der Waals surface area (Å²) >= 11 is 0. The molecule has 2 aromatic rings. The number of guanidine groups is 1. The maximum atomic E-state index is 11.9. The lowest BCUT2D eigenvalue weighted by Gasteiger charge is -2.09. The van der Waals surface area contributed by atoms with Crippen molar-refractivity contribution in [1.29, 1.82) is 0 Å². The van der Waals surface area contributed by atoms with Crippen LogP contribution in [0.2, 0.25) is 0 Å². The maximum absolute atomic E-state index is 11.9. The van der Waals surface area contributed by atoms with Crippen LogP contribution < -0.4 is 16.0 Å². The molecule has 1 amide bonds. The average Bonchev–Trinajstić information content (AvgIpc) is 3.13. The van der Waals surface area contributed by atoms with Gasteiger partial charge < -0.3 is 20.4 Å². The lowest BCUT2D eigenvalue weighted by atomic mass is 10.2. The molecule has 1 aromatic heterocycles. The SMILES string of the molecule is C#CCNC(=NCc1ccc(NC(=O)c2ccco2)cc1)NCC.I. The highest BCUT2D eigenvalue weighted by atomic mass is 127. The van der Waals surface area contributed by atoms with Crippen LogP contribution in [0.3, 0.4) is 0 Å². The van der Waals surface area contributed by atoms with Crippen LogP contribution in [0, 0.1) is 12.3 Å². The minimum absolute atomic E-state index is 0. The van der Waals surface area contributed by atoms with Gasteiger partial charge in [0.15, 0.2) is 11.7 Å². The number of anilines is 1. The third-order valence-corrected chi connectivity index (χ3v) is 3.08. The van der Waals surface area contributed by atoms with E-state index < -0.39 is 0 Å². The molecule has 6 nitrogen and oxygen atoms in total. The Labute approximate surface area is 164 Å². The Balaban J connectivity index is 0.00000312. The lowest BCUT2D eigenvalue weighted by Crippen LogP contribution is -2.37. The zero-order valence-corrected chi connectivity index (χ0v) is 16.2. The molecule has 7 heteroatoms. The zero-order chi connectivity index (χ0) is 17.2. The van der Waals surface area contributed by atoms with Crippen LogP contribution in [0.25, 0.3) is 0 Å². The number of carbonyl (C=O) groups is 1. The number of furan rings is 1. The molecule has 0 saturated carbocycles. The summed E-state index contributed by atoms with van der Waals surface area (Å²) < 4.78 is 5.05. The summed E-state index contributed by atoms with van der Waals surface area (Å²) in [5, 5.41) is 8.91. The van der Waals surface area contributed by atoms with Gasteiger partial charge in [-0.2, -0.15) is 0 Å². The molecule has 0 aliphatic carbocycles.